The van der Waals surface area contributed by atoms with E-state index in [-0.39, 0.29) is 11.2 Å². The highest BCUT2D eigenvalue weighted by molar-refractivity contribution is 7.80. The van der Waals surface area contributed by atoms with E-state index in [9.17, 15) is 4.39 Å². The topological polar surface area (TPSA) is 3.24 Å². The number of thiol groups is 1. The maximum Gasteiger partial charge on any atom is 0.123 e. The van der Waals surface area contributed by atoms with Crippen LogP contribution in [0.2, 0.25) is 0 Å². The minimum atomic E-state index is -0.181. The summed E-state index contributed by atoms with van der Waals surface area (Å²) in [6.45, 7) is 5.43. The molecule has 0 aliphatic heterocycles. The molecule has 0 bridgehead atoms. The maximum atomic E-state index is 13.0. The predicted octanol–water partition coefficient (Wildman–Crippen LogP) is 4.78. The van der Waals surface area contributed by atoms with Crippen LogP contribution in [0.3, 0.4) is 0 Å². The summed E-state index contributed by atoms with van der Waals surface area (Å²) in [6.07, 6.45) is 4.74. The van der Waals surface area contributed by atoms with E-state index < -0.39 is 0 Å². The molecule has 0 aliphatic rings. The van der Waals surface area contributed by atoms with Crippen LogP contribution < -0.4 is 4.90 Å². The third-order valence-corrected chi connectivity index (χ3v) is 4.41. The second-order valence-electron chi connectivity index (χ2n) is 5.49. The Kier molecular flexibility index (Phi) is 6.70. The van der Waals surface area contributed by atoms with Crippen molar-refractivity contribution in [3.8, 4) is 0 Å². The Balaban J connectivity index is 2.79. The Labute approximate surface area is 122 Å². The molecule has 0 saturated carbocycles. The van der Waals surface area contributed by atoms with Crippen molar-refractivity contribution in [2.75, 3.05) is 24.2 Å². The molecule has 0 spiro atoms. The second-order valence-corrected chi connectivity index (χ2v) is 5.81. The van der Waals surface area contributed by atoms with E-state index in [0.29, 0.717) is 0 Å². The summed E-state index contributed by atoms with van der Waals surface area (Å²) in [5, 5.41) is 0. The predicted molar refractivity (Wildman–Crippen MR) is 85.8 cm³/mol. The van der Waals surface area contributed by atoms with Crippen molar-refractivity contribution in [2.45, 2.75) is 39.5 Å². The zero-order chi connectivity index (χ0) is 14.3. The summed E-state index contributed by atoms with van der Waals surface area (Å²) < 4.78 is 13.0. The van der Waals surface area contributed by atoms with Crippen LogP contribution in [-0.2, 0) is 0 Å². The van der Waals surface area contributed by atoms with Crippen molar-refractivity contribution in [3.05, 3.63) is 30.1 Å². The number of halogens is 1. The van der Waals surface area contributed by atoms with E-state index >= 15 is 0 Å². The lowest BCUT2D eigenvalue weighted by Crippen LogP contribution is -2.37. The summed E-state index contributed by atoms with van der Waals surface area (Å²) in [5.41, 5.74) is 1.33. The van der Waals surface area contributed by atoms with Crippen LogP contribution in [0.1, 0.15) is 39.5 Å². The Morgan fingerprint density at radius 2 is 1.63 bits per heavy atom. The first-order valence-electron chi connectivity index (χ1n) is 7.14. The van der Waals surface area contributed by atoms with Gasteiger partial charge < -0.3 is 4.90 Å². The number of hydrogen-bond acceptors (Lipinski definition) is 2. The van der Waals surface area contributed by atoms with Crippen molar-refractivity contribution in [2.24, 2.45) is 5.41 Å². The number of hydrogen-bond donors (Lipinski definition) is 1. The molecule has 3 heteroatoms. The van der Waals surface area contributed by atoms with Gasteiger partial charge in [-0.15, -0.1) is 0 Å². The molecule has 0 aromatic heterocycles. The van der Waals surface area contributed by atoms with Crippen LogP contribution in [0.25, 0.3) is 0 Å². The Morgan fingerprint density at radius 3 is 2.05 bits per heavy atom. The van der Waals surface area contributed by atoms with E-state index in [1.165, 1.54) is 37.8 Å². The summed E-state index contributed by atoms with van der Waals surface area (Å²) in [4.78, 5) is 2.22. The number of anilines is 1. The molecule has 1 nitrogen and oxygen atoms in total. The van der Waals surface area contributed by atoms with Gasteiger partial charge in [0.05, 0.1) is 0 Å². The lowest BCUT2D eigenvalue weighted by molar-refractivity contribution is 0.282. The molecule has 0 saturated heterocycles. The van der Waals surface area contributed by atoms with Gasteiger partial charge in [-0.2, -0.15) is 12.6 Å². The maximum absolute atomic E-state index is 13.0. The van der Waals surface area contributed by atoms with Crippen LogP contribution in [0, 0.1) is 11.2 Å². The van der Waals surface area contributed by atoms with Crippen molar-refractivity contribution in [1.29, 1.82) is 0 Å². The fourth-order valence-corrected chi connectivity index (χ4v) is 3.26. The fourth-order valence-electron chi connectivity index (χ4n) is 2.84. The molecule has 0 radical (unpaired) electrons. The van der Waals surface area contributed by atoms with Crippen LogP contribution in [0.5, 0.6) is 0 Å². The van der Waals surface area contributed by atoms with Crippen LogP contribution in [0.15, 0.2) is 24.3 Å². The van der Waals surface area contributed by atoms with Crippen molar-refractivity contribution in [1.82, 2.24) is 0 Å². The molecule has 0 N–H and O–H groups in total. The van der Waals surface area contributed by atoms with Crippen LogP contribution >= 0.6 is 12.6 Å². The molecular formula is C16H26FNS. The molecule has 0 atom stereocenters. The van der Waals surface area contributed by atoms with E-state index in [0.717, 1.165) is 18.0 Å². The smallest absolute Gasteiger partial charge is 0.123 e. The summed E-state index contributed by atoms with van der Waals surface area (Å²) in [6, 6.07) is 6.73. The highest BCUT2D eigenvalue weighted by atomic mass is 32.1. The van der Waals surface area contributed by atoms with Crippen LogP contribution in [-0.4, -0.2) is 19.3 Å². The van der Waals surface area contributed by atoms with Gasteiger partial charge in [0.1, 0.15) is 5.82 Å². The average Bonchev–Trinajstić information content (AvgIpc) is 2.40. The lowest BCUT2D eigenvalue weighted by atomic mass is 9.80. The van der Waals surface area contributed by atoms with Crippen LogP contribution in [0.4, 0.5) is 10.1 Å². The lowest BCUT2D eigenvalue weighted by Gasteiger charge is -2.37. The molecule has 1 aromatic carbocycles. The van der Waals surface area contributed by atoms with Crippen molar-refractivity contribution in [3.63, 3.8) is 0 Å². The highest BCUT2D eigenvalue weighted by Gasteiger charge is 2.28. The molecule has 0 aliphatic carbocycles. The third-order valence-electron chi connectivity index (χ3n) is 3.74. The monoisotopic (exact) mass is 283 g/mol. The zero-order valence-electron chi connectivity index (χ0n) is 12.3. The number of nitrogens with zero attached hydrogens (tertiary/aromatic N) is 1. The third kappa shape index (κ3) is 4.72. The summed E-state index contributed by atoms with van der Waals surface area (Å²) >= 11 is 4.59. The minimum absolute atomic E-state index is 0.181. The van der Waals surface area contributed by atoms with Gasteiger partial charge in [-0.25, -0.2) is 4.39 Å². The minimum Gasteiger partial charge on any atom is -0.374 e. The highest BCUT2D eigenvalue weighted by Crippen LogP contribution is 2.33. The normalized spacial score (nSPS) is 11.6. The largest absolute Gasteiger partial charge is 0.374 e. The standard InChI is InChI=1S/C16H26FNS/c1-4-10-16(13-19,11-5-2)12-18(3)15-8-6-14(17)7-9-15/h6-9,19H,4-5,10-13H2,1-3H3. The van der Waals surface area contributed by atoms with Gasteiger partial charge in [0.25, 0.3) is 0 Å². The molecule has 0 unspecified atom stereocenters. The van der Waals surface area contributed by atoms with E-state index in [1.54, 1.807) is 0 Å². The second kappa shape index (κ2) is 7.78. The first kappa shape index (κ1) is 16.4. The summed E-state index contributed by atoms with van der Waals surface area (Å²) in [5.74, 6) is 0.722. The molecular weight excluding hydrogens is 257 g/mol. The fraction of sp³-hybridized carbons (Fsp3) is 0.625. The average molecular weight is 283 g/mol. The van der Waals surface area contributed by atoms with Gasteiger partial charge >= 0.3 is 0 Å². The first-order valence-corrected chi connectivity index (χ1v) is 7.77. The Bertz CT molecular complexity index is 358. The van der Waals surface area contributed by atoms with E-state index in [1.807, 2.05) is 12.1 Å². The van der Waals surface area contributed by atoms with Crippen molar-refractivity contribution >= 4 is 18.3 Å². The Morgan fingerprint density at radius 1 is 1.11 bits per heavy atom. The van der Waals surface area contributed by atoms with Gasteiger partial charge in [-0.05, 0) is 48.3 Å². The molecule has 1 rings (SSSR count). The van der Waals surface area contributed by atoms with E-state index in [4.69, 9.17) is 0 Å². The van der Waals surface area contributed by atoms with E-state index in [2.05, 4.69) is 38.4 Å². The summed E-state index contributed by atoms with van der Waals surface area (Å²) in [7, 11) is 2.08. The molecule has 0 fully saturated rings. The SMILES string of the molecule is CCCC(CS)(CCC)CN(C)c1ccc(F)cc1. The van der Waals surface area contributed by atoms with Gasteiger partial charge in [0.2, 0.25) is 0 Å². The Hall–Kier alpha value is -0.700. The zero-order valence-corrected chi connectivity index (χ0v) is 13.2. The van der Waals surface area contributed by atoms with Gasteiger partial charge in [0.15, 0.2) is 0 Å². The molecule has 19 heavy (non-hydrogen) atoms. The molecule has 0 heterocycles. The molecule has 108 valence electrons. The molecule has 0 amide bonds. The quantitative estimate of drug-likeness (QED) is 0.672. The van der Waals surface area contributed by atoms with Crippen molar-refractivity contribution < 1.29 is 4.39 Å². The molecule has 1 aromatic rings. The van der Waals surface area contributed by atoms with Gasteiger partial charge in [-0.3, -0.25) is 0 Å². The van der Waals surface area contributed by atoms with Gasteiger partial charge in [0, 0.05) is 19.3 Å². The number of benzene rings is 1. The number of rotatable bonds is 8. The van der Waals surface area contributed by atoms with Gasteiger partial charge in [-0.1, -0.05) is 26.7 Å². The first-order chi connectivity index (χ1) is 9.06.